The van der Waals surface area contributed by atoms with Gasteiger partial charge in [0.1, 0.15) is 12.2 Å². The Morgan fingerprint density at radius 1 is 1.40 bits per heavy atom. The fourth-order valence-electron chi connectivity index (χ4n) is 3.14. The quantitative estimate of drug-likeness (QED) is 0.796. The van der Waals surface area contributed by atoms with Crippen molar-refractivity contribution in [1.29, 1.82) is 0 Å². The number of rotatable bonds is 5. The van der Waals surface area contributed by atoms with Gasteiger partial charge in [0.15, 0.2) is 11.2 Å². The third-order valence-corrected chi connectivity index (χ3v) is 4.60. The molecule has 6 heteroatoms. The van der Waals surface area contributed by atoms with Gasteiger partial charge in [-0.3, -0.25) is 0 Å². The van der Waals surface area contributed by atoms with Crippen molar-refractivity contribution in [3.63, 3.8) is 0 Å². The van der Waals surface area contributed by atoms with Crippen molar-refractivity contribution in [1.82, 2.24) is 19.5 Å². The van der Waals surface area contributed by atoms with Gasteiger partial charge in [-0.15, -0.1) is 11.6 Å². The summed E-state index contributed by atoms with van der Waals surface area (Å²) in [5.41, 5.74) is 1.77. The molecule has 108 valence electrons. The van der Waals surface area contributed by atoms with E-state index in [1.54, 1.807) is 13.4 Å². The zero-order valence-corrected chi connectivity index (χ0v) is 12.7. The van der Waals surface area contributed by atoms with Gasteiger partial charge >= 0.3 is 0 Å². The van der Waals surface area contributed by atoms with Gasteiger partial charge in [-0.2, -0.15) is 4.98 Å². The van der Waals surface area contributed by atoms with Crippen LogP contribution in [0.2, 0.25) is 0 Å². The molecule has 1 aliphatic carbocycles. The molecule has 0 bridgehead atoms. The van der Waals surface area contributed by atoms with Gasteiger partial charge in [-0.25, -0.2) is 9.97 Å². The Balaban J connectivity index is 2.24. The smallest absolute Gasteiger partial charge is 0.245 e. The van der Waals surface area contributed by atoms with Crippen molar-refractivity contribution in [2.45, 2.75) is 44.6 Å². The second kappa shape index (κ2) is 5.20. The number of nitrogens with zero attached hydrogens (tertiary/aromatic N) is 4. The summed E-state index contributed by atoms with van der Waals surface area (Å²) < 4.78 is 7.60. The van der Waals surface area contributed by atoms with E-state index < -0.39 is 0 Å². The number of hydrogen-bond donors (Lipinski definition) is 0. The minimum atomic E-state index is 0.148. The Hall–Kier alpha value is -1.36. The van der Waals surface area contributed by atoms with Crippen LogP contribution in [0.15, 0.2) is 6.33 Å². The molecule has 3 rings (SSSR count). The van der Waals surface area contributed by atoms with Crippen molar-refractivity contribution in [3.05, 3.63) is 12.2 Å². The molecular weight excluding hydrogens is 276 g/mol. The number of alkyl halides is 1. The Labute approximate surface area is 123 Å². The van der Waals surface area contributed by atoms with Crippen LogP contribution >= 0.6 is 11.6 Å². The van der Waals surface area contributed by atoms with Crippen LogP contribution in [0.5, 0.6) is 5.88 Å². The molecule has 0 spiro atoms. The van der Waals surface area contributed by atoms with E-state index in [0.29, 0.717) is 11.8 Å². The maximum Gasteiger partial charge on any atom is 0.245 e. The Morgan fingerprint density at radius 2 is 2.20 bits per heavy atom. The SMILES string of the molecule is CCC1(n2c(CCCl)nc3c(OC)ncnc32)CCC1. The molecule has 5 nitrogen and oxygen atoms in total. The molecule has 0 saturated heterocycles. The highest BCUT2D eigenvalue weighted by Gasteiger charge is 2.40. The molecule has 2 heterocycles. The van der Waals surface area contributed by atoms with Crippen LogP contribution in [0.3, 0.4) is 0 Å². The van der Waals surface area contributed by atoms with E-state index in [1.807, 2.05) is 0 Å². The zero-order valence-electron chi connectivity index (χ0n) is 11.9. The van der Waals surface area contributed by atoms with E-state index >= 15 is 0 Å². The third kappa shape index (κ3) is 1.87. The lowest BCUT2D eigenvalue weighted by Gasteiger charge is -2.43. The lowest BCUT2D eigenvalue weighted by Crippen LogP contribution is -2.41. The number of aromatic nitrogens is 4. The summed E-state index contributed by atoms with van der Waals surface area (Å²) in [5, 5.41) is 0. The van der Waals surface area contributed by atoms with Gasteiger partial charge < -0.3 is 9.30 Å². The van der Waals surface area contributed by atoms with Crippen molar-refractivity contribution in [3.8, 4) is 5.88 Å². The first kappa shape index (κ1) is 13.6. The second-order valence-electron chi connectivity index (χ2n) is 5.29. The Bertz CT molecular complexity index is 615. The van der Waals surface area contributed by atoms with E-state index in [4.69, 9.17) is 21.3 Å². The second-order valence-corrected chi connectivity index (χ2v) is 5.67. The number of hydrogen-bond acceptors (Lipinski definition) is 4. The Kier molecular flexibility index (Phi) is 3.54. The van der Waals surface area contributed by atoms with E-state index in [1.165, 1.54) is 19.3 Å². The number of halogens is 1. The number of methoxy groups -OCH3 is 1. The average molecular weight is 295 g/mol. The van der Waals surface area contributed by atoms with Gasteiger partial charge in [0.25, 0.3) is 0 Å². The summed E-state index contributed by atoms with van der Waals surface area (Å²) >= 11 is 5.94. The third-order valence-electron chi connectivity index (χ3n) is 4.41. The molecule has 0 aliphatic heterocycles. The van der Waals surface area contributed by atoms with Crippen molar-refractivity contribution in [2.24, 2.45) is 0 Å². The molecule has 1 fully saturated rings. The van der Waals surface area contributed by atoms with Gasteiger partial charge in [-0.1, -0.05) is 6.92 Å². The van der Waals surface area contributed by atoms with Crippen LogP contribution in [0, 0.1) is 0 Å². The molecule has 0 amide bonds. The molecule has 0 aromatic carbocycles. The summed E-state index contributed by atoms with van der Waals surface area (Å²) in [6.07, 6.45) is 6.98. The fraction of sp³-hybridized carbons (Fsp3) is 0.643. The number of imidazole rings is 1. The van der Waals surface area contributed by atoms with Crippen molar-refractivity contribution < 1.29 is 4.74 Å². The van der Waals surface area contributed by atoms with Crippen LogP contribution in [-0.4, -0.2) is 32.5 Å². The van der Waals surface area contributed by atoms with E-state index in [0.717, 1.165) is 29.8 Å². The topological polar surface area (TPSA) is 52.8 Å². The minimum Gasteiger partial charge on any atom is -0.479 e. The van der Waals surface area contributed by atoms with Crippen molar-refractivity contribution in [2.75, 3.05) is 13.0 Å². The van der Waals surface area contributed by atoms with E-state index in [9.17, 15) is 0 Å². The molecule has 1 saturated carbocycles. The first-order valence-corrected chi connectivity index (χ1v) is 7.62. The normalized spacial score (nSPS) is 17.1. The standard InChI is InChI=1S/C14H19ClN4O/c1-3-14(6-4-7-14)19-10(5-8-15)18-11-12(19)16-9-17-13(11)20-2/h9H,3-8H2,1-2H3. The van der Waals surface area contributed by atoms with Gasteiger partial charge in [0.05, 0.1) is 7.11 Å². The van der Waals surface area contributed by atoms with Gasteiger partial charge in [0.2, 0.25) is 5.88 Å². The predicted octanol–water partition coefficient (Wildman–Crippen LogP) is 2.91. The molecule has 0 atom stereocenters. The predicted molar refractivity (Wildman–Crippen MR) is 78.4 cm³/mol. The largest absolute Gasteiger partial charge is 0.479 e. The summed E-state index contributed by atoms with van der Waals surface area (Å²) in [4.78, 5) is 13.3. The first-order valence-electron chi connectivity index (χ1n) is 7.08. The average Bonchev–Trinajstić information content (AvgIpc) is 2.78. The Morgan fingerprint density at radius 3 is 2.75 bits per heavy atom. The molecular formula is C14H19ClN4O. The first-order chi connectivity index (χ1) is 9.75. The molecule has 2 aromatic rings. The van der Waals surface area contributed by atoms with Crippen LogP contribution in [0.1, 0.15) is 38.4 Å². The molecule has 1 aliphatic rings. The number of ether oxygens (including phenoxy) is 1. The summed E-state index contributed by atoms with van der Waals surface area (Å²) in [5.74, 6) is 2.09. The monoisotopic (exact) mass is 294 g/mol. The lowest BCUT2D eigenvalue weighted by atomic mass is 9.74. The molecule has 2 aromatic heterocycles. The van der Waals surface area contributed by atoms with E-state index in [-0.39, 0.29) is 5.54 Å². The summed E-state index contributed by atoms with van der Waals surface area (Å²) in [6.45, 7) is 2.23. The molecule has 0 unspecified atom stereocenters. The van der Waals surface area contributed by atoms with Crippen LogP contribution in [0.25, 0.3) is 11.2 Å². The van der Waals surface area contributed by atoms with Gasteiger partial charge in [0, 0.05) is 17.8 Å². The highest BCUT2D eigenvalue weighted by atomic mass is 35.5. The number of aryl methyl sites for hydroxylation is 1. The van der Waals surface area contributed by atoms with Crippen LogP contribution in [-0.2, 0) is 12.0 Å². The number of fused-ring (bicyclic) bond motifs is 1. The minimum absolute atomic E-state index is 0.148. The molecule has 0 N–H and O–H groups in total. The molecule has 20 heavy (non-hydrogen) atoms. The maximum atomic E-state index is 5.94. The van der Waals surface area contributed by atoms with Crippen LogP contribution in [0.4, 0.5) is 0 Å². The van der Waals surface area contributed by atoms with Crippen molar-refractivity contribution >= 4 is 22.8 Å². The zero-order chi connectivity index (χ0) is 14.2. The fourth-order valence-corrected chi connectivity index (χ4v) is 3.31. The lowest BCUT2D eigenvalue weighted by molar-refractivity contribution is 0.137. The van der Waals surface area contributed by atoms with Gasteiger partial charge in [-0.05, 0) is 25.7 Å². The summed E-state index contributed by atoms with van der Waals surface area (Å²) in [6, 6.07) is 0. The highest BCUT2D eigenvalue weighted by molar-refractivity contribution is 6.17. The molecule has 0 radical (unpaired) electrons. The highest BCUT2D eigenvalue weighted by Crippen LogP contribution is 2.44. The van der Waals surface area contributed by atoms with E-state index in [2.05, 4.69) is 21.5 Å². The summed E-state index contributed by atoms with van der Waals surface area (Å²) in [7, 11) is 1.61. The van der Waals surface area contributed by atoms with Crippen LogP contribution < -0.4 is 4.74 Å². The maximum absolute atomic E-state index is 5.94.